The van der Waals surface area contributed by atoms with Gasteiger partial charge in [-0.15, -0.1) is 11.8 Å². The van der Waals surface area contributed by atoms with Gasteiger partial charge in [0, 0.05) is 4.91 Å². The highest BCUT2D eigenvalue weighted by Gasteiger charge is 2.03. The molecule has 13 heavy (non-hydrogen) atoms. The van der Waals surface area contributed by atoms with Gasteiger partial charge in [0.15, 0.2) is 0 Å². The van der Waals surface area contributed by atoms with E-state index in [0.717, 1.165) is 10.5 Å². The Kier molecular flexibility index (Phi) is 3.38. The van der Waals surface area contributed by atoms with Gasteiger partial charge in [-0.05, 0) is 24.3 Å². The van der Waals surface area contributed by atoms with Crippen LogP contribution in [0, 0.1) is 0 Å². The van der Waals surface area contributed by atoms with Gasteiger partial charge in [0.25, 0.3) is 0 Å². The maximum absolute atomic E-state index is 4.01. The molecule has 0 saturated heterocycles. The minimum atomic E-state index is 1.09. The Balaban J connectivity index is 3.19. The van der Waals surface area contributed by atoms with Crippen LogP contribution in [0.1, 0.15) is 18.1 Å². The van der Waals surface area contributed by atoms with E-state index in [1.807, 2.05) is 25.3 Å². The highest BCUT2D eigenvalue weighted by Crippen LogP contribution is 2.29. The first-order valence-electron chi connectivity index (χ1n) is 4.15. The molecular weight excluding hydrogens is 176 g/mol. The Morgan fingerprint density at radius 1 is 1.15 bits per heavy atom. The van der Waals surface area contributed by atoms with E-state index in [1.54, 1.807) is 11.8 Å². The molecule has 0 aromatic heterocycles. The minimum absolute atomic E-state index is 1.09. The van der Waals surface area contributed by atoms with Gasteiger partial charge >= 0.3 is 0 Å². The lowest BCUT2D eigenvalue weighted by atomic mass is 10.0. The summed E-state index contributed by atoms with van der Waals surface area (Å²) in [5, 5.41) is 0. The first kappa shape index (κ1) is 10.1. The predicted molar refractivity (Wildman–Crippen MR) is 63.7 cm³/mol. The molecule has 0 saturated carbocycles. The van der Waals surface area contributed by atoms with Gasteiger partial charge < -0.3 is 0 Å². The molecule has 0 radical (unpaired) electrons. The molecule has 0 bridgehead atoms. The maximum atomic E-state index is 4.01. The summed E-state index contributed by atoms with van der Waals surface area (Å²) in [6.07, 6.45) is 2.04. The van der Waals surface area contributed by atoms with E-state index in [2.05, 4.69) is 25.3 Å². The predicted octanol–water partition coefficient (Wildman–Crippen LogP) is 4.05. The molecule has 0 aliphatic carbocycles. The Morgan fingerprint density at radius 3 is 2.15 bits per heavy atom. The second-order valence-corrected chi connectivity index (χ2v) is 3.85. The number of hydrogen-bond acceptors (Lipinski definition) is 1. The molecule has 1 aromatic rings. The average Bonchev–Trinajstić information content (AvgIpc) is 2.16. The van der Waals surface area contributed by atoms with Gasteiger partial charge in [-0.2, -0.15) is 0 Å². The molecule has 0 N–H and O–H groups in total. The highest BCUT2D eigenvalue weighted by molar-refractivity contribution is 8.07. The quantitative estimate of drug-likeness (QED) is 0.692. The molecule has 0 aliphatic heterocycles. The molecule has 1 heteroatoms. The number of benzene rings is 1. The van der Waals surface area contributed by atoms with Crippen molar-refractivity contribution in [1.82, 2.24) is 0 Å². The first-order chi connectivity index (χ1) is 6.16. The summed E-state index contributed by atoms with van der Waals surface area (Å²) in [7, 11) is 0. The van der Waals surface area contributed by atoms with Crippen molar-refractivity contribution in [2.24, 2.45) is 0 Å². The zero-order valence-electron chi connectivity index (χ0n) is 8.13. The van der Waals surface area contributed by atoms with Crippen LogP contribution in [0.15, 0.2) is 37.4 Å². The van der Waals surface area contributed by atoms with Crippen molar-refractivity contribution in [3.05, 3.63) is 48.6 Å². The van der Waals surface area contributed by atoms with E-state index in [-0.39, 0.29) is 0 Å². The number of hydrogen-bond donors (Lipinski definition) is 0. The van der Waals surface area contributed by atoms with Crippen molar-refractivity contribution >= 4 is 22.2 Å². The summed E-state index contributed by atoms with van der Waals surface area (Å²) in [5.41, 5.74) is 3.48. The molecule has 0 heterocycles. The summed E-state index contributed by atoms with van der Waals surface area (Å²) in [6, 6.07) is 8.23. The lowest BCUT2D eigenvalue weighted by Gasteiger charge is -2.09. The summed E-state index contributed by atoms with van der Waals surface area (Å²) < 4.78 is 0. The third-order valence-corrected chi connectivity index (χ3v) is 2.65. The van der Waals surface area contributed by atoms with Gasteiger partial charge in [-0.1, -0.05) is 43.0 Å². The topological polar surface area (TPSA) is 0 Å². The monoisotopic (exact) mass is 190 g/mol. The lowest BCUT2D eigenvalue weighted by Crippen LogP contribution is -1.86. The summed E-state index contributed by atoms with van der Waals surface area (Å²) >= 11 is 1.67. The fourth-order valence-corrected chi connectivity index (χ4v) is 1.61. The van der Waals surface area contributed by atoms with Crippen molar-refractivity contribution in [2.45, 2.75) is 6.92 Å². The Bertz CT molecular complexity index is 337. The van der Waals surface area contributed by atoms with E-state index in [4.69, 9.17) is 0 Å². The zero-order valence-corrected chi connectivity index (χ0v) is 8.95. The SMILES string of the molecule is C=C(C)c1ccccc1C(=C)SC. The molecule has 0 spiro atoms. The molecular formula is C12H14S. The molecule has 0 aliphatic rings. The molecule has 1 aromatic carbocycles. The van der Waals surface area contributed by atoms with Gasteiger partial charge in [0.1, 0.15) is 0 Å². The van der Waals surface area contributed by atoms with Gasteiger partial charge in [0.2, 0.25) is 0 Å². The first-order valence-corrected chi connectivity index (χ1v) is 5.37. The van der Waals surface area contributed by atoms with Crippen LogP contribution < -0.4 is 0 Å². The van der Waals surface area contributed by atoms with E-state index < -0.39 is 0 Å². The Hall–Kier alpha value is -0.950. The van der Waals surface area contributed by atoms with Crippen molar-refractivity contribution in [1.29, 1.82) is 0 Å². The average molecular weight is 190 g/mol. The van der Waals surface area contributed by atoms with Crippen LogP contribution >= 0.6 is 11.8 Å². The molecule has 68 valence electrons. The summed E-state index contributed by atoms with van der Waals surface area (Å²) in [6.45, 7) is 9.98. The van der Waals surface area contributed by atoms with Gasteiger partial charge in [0.05, 0.1) is 0 Å². The highest BCUT2D eigenvalue weighted by atomic mass is 32.2. The molecule has 0 atom stereocenters. The fourth-order valence-electron chi connectivity index (χ4n) is 1.21. The summed E-state index contributed by atoms with van der Waals surface area (Å²) in [5.74, 6) is 0. The van der Waals surface area contributed by atoms with E-state index >= 15 is 0 Å². The molecule has 0 nitrogen and oxygen atoms in total. The third-order valence-electron chi connectivity index (χ3n) is 1.93. The largest absolute Gasteiger partial charge is 0.130 e. The van der Waals surface area contributed by atoms with Crippen LogP contribution in [0.25, 0.3) is 10.5 Å². The molecule has 0 fully saturated rings. The molecule has 0 unspecified atom stereocenters. The fraction of sp³-hybridized carbons (Fsp3) is 0.167. The van der Waals surface area contributed by atoms with E-state index in [9.17, 15) is 0 Å². The lowest BCUT2D eigenvalue weighted by molar-refractivity contribution is 1.54. The summed E-state index contributed by atoms with van der Waals surface area (Å²) in [4.78, 5) is 1.10. The zero-order chi connectivity index (χ0) is 9.84. The number of rotatable bonds is 3. The van der Waals surface area contributed by atoms with E-state index in [0.29, 0.717) is 0 Å². The van der Waals surface area contributed by atoms with Crippen LogP contribution in [0.2, 0.25) is 0 Å². The van der Waals surface area contributed by atoms with Crippen LogP contribution in [-0.4, -0.2) is 6.26 Å². The standard InChI is InChI=1S/C12H14S/c1-9(2)11-7-5-6-8-12(11)10(3)13-4/h5-8H,1,3H2,2,4H3. The van der Waals surface area contributed by atoms with Crippen LogP contribution in [0.3, 0.4) is 0 Å². The number of allylic oxidation sites excluding steroid dienone is 1. The number of thioether (sulfide) groups is 1. The van der Waals surface area contributed by atoms with Crippen molar-refractivity contribution in [3.63, 3.8) is 0 Å². The normalized spacial score (nSPS) is 9.69. The Morgan fingerprint density at radius 2 is 1.69 bits per heavy atom. The van der Waals surface area contributed by atoms with Crippen LogP contribution in [-0.2, 0) is 0 Å². The van der Waals surface area contributed by atoms with Crippen LogP contribution in [0.4, 0.5) is 0 Å². The Labute approximate surface area is 84.4 Å². The van der Waals surface area contributed by atoms with Gasteiger partial charge in [-0.3, -0.25) is 0 Å². The minimum Gasteiger partial charge on any atom is -0.130 e. The van der Waals surface area contributed by atoms with E-state index in [1.165, 1.54) is 11.1 Å². The van der Waals surface area contributed by atoms with Gasteiger partial charge in [-0.25, -0.2) is 0 Å². The maximum Gasteiger partial charge on any atom is 0.00758 e. The molecule has 0 amide bonds. The van der Waals surface area contributed by atoms with Crippen molar-refractivity contribution in [3.8, 4) is 0 Å². The third kappa shape index (κ3) is 2.25. The van der Waals surface area contributed by atoms with Crippen molar-refractivity contribution in [2.75, 3.05) is 6.26 Å². The second-order valence-electron chi connectivity index (χ2n) is 2.95. The second kappa shape index (κ2) is 4.33. The van der Waals surface area contributed by atoms with Crippen LogP contribution in [0.5, 0.6) is 0 Å². The smallest absolute Gasteiger partial charge is 0.00758 e. The molecule has 1 rings (SSSR count). The van der Waals surface area contributed by atoms with Crippen molar-refractivity contribution < 1.29 is 0 Å².